The van der Waals surface area contributed by atoms with Gasteiger partial charge in [0.05, 0.1) is 10.7 Å². The van der Waals surface area contributed by atoms with Crippen LogP contribution in [0.5, 0.6) is 5.75 Å². The molecule has 0 aliphatic carbocycles. The van der Waals surface area contributed by atoms with Crippen LogP contribution in [0.1, 0.15) is 0 Å². The second-order valence-corrected chi connectivity index (χ2v) is 5.24. The fourth-order valence-corrected chi connectivity index (χ4v) is 2.14. The van der Waals surface area contributed by atoms with E-state index in [0.717, 1.165) is 0 Å². The van der Waals surface area contributed by atoms with E-state index in [9.17, 15) is 9.50 Å². The third-order valence-electron chi connectivity index (χ3n) is 2.73. The van der Waals surface area contributed by atoms with Gasteiger partial charge in [-0.2, -0.15) is 0 Å². The van der Waals surface area contributed by atoms with Gasteiger partial charge < -0.3 is 15.2 Å². The molecule has 0 saturated carbocycles. The van der Waals surface area contributed by atoms with Crippen LogP contribution in [0.25, 0.3) is 0 Å². The number of hydrogen-bond acceptors (Lipinski definition) is 3. The highest BCUT2D eigenvalue weighted by atomic mass is 35.5. The SMILES string of the molecule is OC(CNc1ccc(Cl)cc1Cl)COc1ccccc1F. The Morgan fingerprint density at radius 2 is 1.95 bits per heavy atom. The Morgan fingerprint density at radius 3 is 2.67 bits per heavy atom. The molecular formula is C15H14Cl2FNO2. The number of ether oxygens (including phenoxy) is 1. The van der Waals surface area contributed by atoms with Crippen LogP contribution < -0.4 is 10.1 Å². The van der Waals surface area contributed by atoms with Gasteiger partial charge >= 0.3 is 0 Å². The molecule has 3 nitrogen and oxygen atoms in total. The van der Waals surface area contributed by atoms with Gasteiger partial charge in [-0.25, -0.2) is 4.39 Å². The van der Waals surface area contributed by atoms with Gasteiger partial charge in [0.25, 0.3) is 0 Å². The third-order valence-corrected chi connectivity index (χ3v) is 3.27. The molecule has 2 rings (SSSR count). The van der Waals surface area contributed by atoms with Crippen molar-refractivity contribution in [2.75, 3.05) is 18.5 Å². The number of rotatable bonds is 6. The quantitative estimate of drug-likeness (QED) is 0.842. The topological polar surface area (TPSA) is 41.5 Å². The lowest BCUT2D eigenvalue weighted by Gasteiger charge is -2.15. The Kier molecular flexibility index (Phi) is 5.67. The Balaban J connectivity index is 1.82. The molecule has 21 heavy (non-hydrogen) atoms. The standard InChI is InChI=1S/C15H14Cl2FNO2/c16-10-5-6-14(12(17)7-10)19-8-11(20)9-21-15-4-2-1-3-13(15)18/h1-7,11,19-20H,8-9H2. The van der Waals surface area contributed by atoms with E-state index >= 15 is 0 Å². The van der Waals surface area contributed by atoms with E-state index in [0.29, 0.717) is 15.7 Å². The molecule has 6 heteroatoms. The number of anilines is 1. The predicted octanol–water partition coefficient (Wildman–Crippen LogP) is 3.98. The summed E-state index contributed by atoms with van der Waals surface area (Å²) in [6, 6.07) is 11.1. The average Bonchev–Trinajstić information content (AvgIpc) is 2.45. The van der Waals surface area contributed by atoms with E-state index < -0.39 is 11.9 Å². The zero-order chi connectivity index (χ0) is 15.2. The van der Waals surface area contributed by atoms with E-state index in [1.807, 2.05) is 0 Å². The van der Waals surface area contributed by atoms with E-state index in [4.69, 9.17) is 27.9 Å². The molecular weight excluding hydrogens is 316 g/mol. The van der Waals surface area contributed by atoms with Gasteiger partial charge in [-0.05, 0) is 30.3 Å². The first-order valence-corrected chi connectivity index (χ1v) is 7.06. The van der Waals surface area contributed by atoms with E-state index in [1.165, 1.54) is 12.1 Å². The van der Waals surface area contributed by atoms with E-state index in [-0.39, 0.29) is 18.9 Å². The lowest BCUT2D eigenvalue weighted by atomic mass is 10.3. The maximum atomic E-state index is 13.3. The second-order valence-electron chi connectivity index (χ2n) is 4.40. The first-order valence-electron chi connectivity index (χ1n) is 6.30. The molecule has 0 bridgehead atoms. The average molecular weight is 330 g/mol. The Labute approximate surface area is 132 Å². The van der Waals surface area contributed by atoms with Gasteiger partial charge in [0.2, 0.25) is 0 Å². The summed E-state index contributed by atoms with van der Waals surface area (Å²) in [7, 11) is 0. The maximum absolute atomic E-state index is 13.3. The zero-order valence-corrected chi connectivity index (χ0v) is 12.5. The van der Waals surface area contributed by atoms with Crippen molar-refractivity contribution in [1.82, 2.24) is 0 Å². The van der Waals surface area contributed by atoms with Gasteiger partial charge in [-0.3, -0.25) is 0 Å². The van der Waals surface area contributed by atoms with E-state index in [1.54, 1.807) is 30.3 Å². The van der Waals surface area contributed by atoms with Gasteiger partial charge in [-0.1, -0.05) is 35.3 Å². The van der Waals surface area contributed by atoms with Crippen molar-refractivity contribution >= 4 is 28.9 Å². The fourth-order valence-electron chi connectivity index (χ4n) is 1.67. The van der Waals surface area contributed by atoms with Crippen LogP contribution in [0.3, 0.4) is 0 Å². The summed E-state index contributed by atoms with van der Waals surface area (Å²) in [4.78, 5) is 0. The molecule has 0 aliphatic rings. The summed E-state index contributed by atoms with van der Waals surface area (Å²) in [5.74, 6) is -0.348. The Bertz CT molecular complexity index is 610. The Hall–Kier alpha value is -1.49. The zero-order valence-electron chi connectivity index (χ0n) is 11.0. The van der Waals surface area contributed by atoms with Crippen LogP contribution in [0.4, 0.5) is 10.1 Å². The highest BCUT2D eigenvalue weighted by Gasteiger charge is 2.09. The van der Waals surface area contributed by atoms with Crippen LogP contribution in [-0.2, 0) is 0 Å². The minimum absolute atomic E-state index is 0.0286. The molecule has 2 aromatic carbocycles. The summed E-state index contributed by atoms with van der Waals surface area (Å²) >= 11 is 11.8. The fraction of sp³-hybridized carbons (Fsp3) is 0.200. The van der Waals surface area contributed by atoms with Crippen LogP contribution >= 0.6 is 23.2 Å². The molecule has 0 fully saturated rings. The maximum Gasteiger partial charge on any atom is 0.165 e. The summed E-state index contributed by atoms with van der Waals surface area (Å²) in [6.07, 6.45) is -0.809. The molecule has 2 aromatic rings. The normalized spacial score (nSPS) is 12.0. The first kappa shape index (κ1) is 15.9. The van der Waals surface area contributed by atoms with Crippen molar-refractivity contribution in [3.05, 3.63) is 58.3 Å². The second kappa shape index (κ2) is 7.50. The number of para-hydroxylation sites is 1. The molecule has 0 saturated heterocycles. The molecule has 1 unspecified atom stereocenters. The number of hydrogen-bond donors (Lipinski definition) is 2. The molecule has 2 N–H and O–H groups in total. The summed E-state index contributed by atoms with van der Waals surface area (Å²) in [6.45, 7) is 0.189. The van der Waals surface area contributed by atoms with Crippen molar-refractivity contribution in [3.63, 3.8) is 0 Å². The summed E-state index contributed by atoms with van der Waals surface area (Å²) < 4.78 is 18.5. The number of aliphatic hydroxyl groups excluding tert-OH is 1. The van der Waals surface area contributed by atoms with E-state index in [2.05, 4.69) is 5.32 Å². The van der Waals surface area contributed by atoms with Crippen LogP contribution in [0, 0.1) is 5.82 Å². The third kappa shape index (κ3) is 4.77. The molecule has 1 atom stereocenters. The number of aliphatic hydroxyl groups is 1. The predicted molar refractivity (Wildman–Crippen MR) is 82.9 cm³/mol. The van der Waals surface area contributed by atoms with Crippen molar-refractivity contribution in [1.29, 1.82) is 0 Å². The molecule has 0 aliphatic heterocycles. The van der Waals surface area contributed by atoms with Gasteiger partial charge in [0, 0.05) is 11.6 Å². The number of benzene rings is 2. The van der Waals surface area contributed by atoms with Crippen LogP contribution in [0.15, 0.2) is 42.5 Å². The minimum Gasteiger partial charge on any atom is -0.488 e. The van der Waals surface area contributed by atoms with Crippen molar-refractivity contribution in [2.45, 2.75) is 6.10 Å². The molecule has 0 aromatic heterocycles. The molecule has 0 heterocycles. The van der Waals surface area contributed by atoms with Crippen molar-refractivity contribution in [3.8, 4) is 5.75 Å². The molecule has 0 amide bonds. The number of nitrogens with one attached hydrogen (secondary N) is 1. The highest BCUT2D eigenvalue weighted by molar-refractivity contribution is 6.36. The molecule has 0 radical (unpaired) electrons. The summed E-state index contributed by atoms with van der Waals surface area (Å²) in [5.41, 5.74) is 0.658. The monoisotopic (exact) mass is 329 g/mol. The summed E-state index contributed by atoms with van der Waals surface area (Å²) in [5, 5.41) is 13.8. The molecule has 0 spiro atoms. The van der Waals surface area contributed by atoms with Crippen LogP contribution in [-0.4, -0.2) is 24.4 Å². The lowest BCUT2D eigenvalue weighted by molar-refractivity contribution is 0.115. The smallest absolute Gasteiger partial charge is 0.165 e. The van der Waals surface area contributed by atoms with Gasteiger partial charge in [0.1, 0.15) is 12.7 Å². The Morgan fingerprint density at radius 1 is 1.19 bits per heavy atom. The van der Waals surface area contributed by atoms with Gasteiger partial charge in [-0.15, -0.1) is 0 Å². The first-order chi connectivity index (χ1) is 10.1. The number of halogens is 3. The van der Waals surface area contributed by atoms with Crippen LogP contribution in [0.2, 0.25) is 10.0 Å². The van der Waals surface area contributed by atoms with Crippen molar-refractivity contribution in [2.24, 2.45) is 0 Å². The van der Waals surface area contributed by atoms with Crippen molar-refractivity contribution < 1.29 is 14.2 Å². The largest absolute Gasteiger partial charge is 0.488 e. The molecule has 112 valence electrons. The van der Waals surface area contributed by atoms with Gasteiger partial charge in [0.15, 0.2) is 11.6 Å². The highest BCUT2D eigenvalue weighted by Crippen LogP contribution is 2.25. The minimum atomic E-state index is -0.809. The lowest BCUT2D eigenvalue weighted by Crippen LogP contribution is -2.26.